The predicted molar refractivity (Wildman–Crippen MR) is 74.7 cm³/mol. The van der Waals surface area contributed by atoms with Crippen molar-refractivity contribution in [2.75, 3.05) is 5.75 Å². The number of carboxylic acids is 1. The number of carboxylic acid groups (broad SMARTS) is 1. The highest BCUT2D eigenvalue weighted by Crippen LogP contribution is 2.45. The lowest BCUT2D eigenvalue weighted by molar-refractivity contribution is -0.150. The Balaban J connectivity index is 2.11. The highest BCUT2D eigenvalue weighted by atomic mass is 32.2. The van der Waals surface area contributed by atoms with Crippen molar-refractivity contribution in [3.05, 3.63) is 0 Å². The van der Waals surface area contributed by atoms with E-state index in [4.69, 9.17) is 5.73 Å². The molecule has 6 heteroatoms. The first-order valence-electron chi connectivity index (χ1n) is 6.84. The highest BCUT2D eigenvalue weighted by Gasteiger charge is 2.48. The molecule has 2 aliphatic rings. The van der Waals surface area contributed by atoms with Crippen molar-refractivity contribution in [3.63, 3.8) is 0 Å². The Kier molecular flexibility index (Phi) is 4.40. The van der Waals surface area contributed by atoms with E-state index in [1.54, 1.807) is 16.7 Å². The summed E-state index contributed by atoms with van der Waals surface area (Å²) < 4.78 is 0. The van der Waals surface area contributed by atoms with Gasteiger partial charge in [0.25, 0.3) is 0 Å². The van der Waals surface area contributed by atoms with Gasteiger partial charge in [0.05, 0.1) is 11.4 Å². The first kappa shape index (κ1) is 14.7. The summed E-state index contributed by atoms with van der Waals surface area (Å²) in [7, 11) is 0. The summed E-state index contributed by atoms with van der Waals surface area (Å²) in [6.45, 7) is 4.03. The Morgan fingerprint density at radius 1 is 1.42 bits per heavy atom. The first-order chi connectivity index (χ1) is 8.91. The topological polar surface area (TPSA) is 83.6 Å². The fraction of sp³-hybridized carbons (Fsp3) is 0.846. The maximum atomic E-state index is 12.5. The number of nitrogens with two attached hydrogens (primary N) is 1. The molecule has 1 saturated carbocycles. The molecule has 2 fully saturated rings. The van der Waals surface area contributed by atoms with Crippen LogP contribution in [0.15, 0.2) is 0 Å². The van der Waals surface area contributed by atoms with Crippen molar-refractivity contribution in [2.45, 2.75) is 50.6 Å². The van der Waals surface area contributed by atoms with Crippen LogP contribution in [0.2, 0.25) is 0 Å². The molecule has 1 heterocycles. The lowest BCUT2D eigenvalue weighted by Crippen LogP contribution is -2.52. The normalized spacial score (nSPS) is 28.7. The third-order valence-electron chi connectivity index (χ3n) is 3.64. The number of carbonyl (C=O) groups excluding carboxylic acids is 1. The summed E-state index contributed by atoms with van der Waals surface area (Å²) in [6.07, 6.45) is 2.78. The average Bonchev–Trinajstić information content (AvgIpc) is 3.05. The molecule has 1 saturated heterocycles. The van der Waals surface area contributed by atoms with Gasteiger partial charge in [-0.2, -0.15) is 0 Å². The van der Waals surface area contributed by atoms with Gasteiger partial charge < -0.3 is 15.7 Å². The van der Waals surface area contributed by atoms with Gasteiger partial charge in [-0.25, -0.2) is 4.79 Å². The van der Waals surface area contributed by atoms with Crippen LogP contribution < -0.4 is 5.73 Å². The van der Waals surface area contributed by atoms with Crippen LogP contribution >= 0.6 is 11.8 Å². The number of rotatable bonds is 5. The van der Waals surface area contributed by atoms with E-state index in [0.717, 1.165) is 12.8 Å². The second-order valence-corrected chi connectivity index (χ2v) is 7.05. The number of hydrogen-bond donors (Lipinski definition) is 2. The summed E-state index contributed by atoms with van der Waals surface area (Å²) in [5.74, 6) is 0.168. The minimum Gasteiger partial charge on any atom is -0.480 e. The van der Waals surface area contributed by atoms with E-state index < -0.39 is 18.1 Å². The maximum Gasteiger partial charge on any atom is 0.327 e. The lowest BCUT2D eigenvalue weighted by Gasteiger charge is -2.30. The minimum atomic E-state index is -0.916. The van der Waals surface area contributed by atoms with Crippen LogP contribution in [-0.4, -0.2) is 45.1 Å². The molecule has 0 aromatic carbocycles. The molecule has 3 N–H and O–H groups in total. The van der Waals surface area contributed by atoms with Gasteiger partial charge in [0, 0.05) is 5.75 Å². The predicted octanol–water partition coefficient (Wildman–Crippen LogP) is 1.12. The van der Waals surface area contributed by atoms with E-state index in [1.165, 1.54) is 0 Å². The summed E-state index contributed by atoms with van der Waals surface area (Å²) in [4.78, 5) is 25.3. The monoisotopic (exact) mass is 286 g/mol. The van der Waals surface area contributed by atoms with Crippen molar-refractivity contribution in [2.24, 2.45) is 17.6 Å². The van der Waals surface area contributed by atoms with Crippen LogP contribution in [-0.2, 0) is 9.59 Å². The molecular weight excluding hydrogens is 264 g/mol. The second-order valence-electron chi connectivity index (χ2n) is 5.90. The zero-order chi connectivity index (χ0) is 14.2. The molecule has 19 heavy (non-hydrogen) atoms. The van der Waals surface area contributed by atoms with Gasteiger partial charge in [0.15, 0.2) is 0 Å². The molecule has 0 aromatic heterocycles. The lowest BCUT2D eigenvalue weighted by atomic mass is 10.0. The number of amides is 1. The molecule has 0 radical (unpaired) electrons. The molecule has 0 bridgehead atoms. The Morgan fingerprint density at radius 2 is 2.05 bits per heavy atom. The Bertz CT molecular complexity index is 371. The van der Waals surface area contributed by atoms with Crippen molar-refractivity contribution in [3.8, 4) is 0 Å². The number of thioether (sulfide) groups is 1. The molecule has 0 aromatic rings. The van der Waals surface area contributed by atoms with E-state index in [-0.39, 0.29) is 11.3 Å². The first-order valence-corrected chi connectivity index (χ1v) is 7.88. The summed E-state index contributed by atoms with van der Waals surface area (Å²) in [5, 5.41) is 9.29. The fourth-order valence-corrected chi connectivity index (χ4v) is 4.18. The number of aliphatic carboxylic acids is 1. The summed E-state index contributed by atoms with van der Waals surface area (Å²) >= 11 is 1.59. The van der Waals surface area contributed by atoms with Gasteiger partial charge in [-0.3, -0.25) is 4.79 Å². The van der Waals surface area contributed by atoms with Crippen LogP contribution in [0.1, 0.15) is 33.1 Å². The van der Waals surface area contributed by atoms with Gasteiger partial charge >= 0.3 is 5.97 Å². The van der Waals surface area contributed by atoms with Crippen molar-refractivity contribution >= 4 is 23.6 Å². The van der Waals surface area contributed by atoms with Gasteiger partial charge in [0.1, 0.15) is 6.04 Å². The molecule has 108 valence electrons. The molecule has 2 unspecified atom stereocenters. The van der Waals surface area contributed by atoms with E-state index in [9.17, 15) is 14.7 Å². The van der Waals surface area contributed by atoms with Crippen LogP contribution in [0.25, 0.3) is 0 Å². The Labute approximate surface area is 117 Å². The average molecular weight is 286 g/mol. The SMILES string of the molecule is CC(C)C[C@H](N)C(=O)N1C(C(=O)O)CSC1C1CC1. The zero-order valence-corrected chi connectivity index (χ0v) is 12.2. The largest absolute Gasteiger partial charge is 0.480 e. The Hall–Kier alpha value is -0.750. The third kappa shape index (κ3) is 3.23. The van der Waals surface area contributed by atoms with Crippen LogP contribution in [0.4, 0.5) is 0 Å². The van der Waals surface area contributed by atoms with E-state index >= 15 is 0 Å². The molecule has 0 spiro atoms. The number of hydrogen-bond acceptors (Lipinski definition) is 4. The van der Waals surface area contributed by atoms with Gasteiger partial charge in [-0.05, 0) is 31.1 Å². The smallest absolute Gasteiger partial charge is 0.327 e. The highest BCUT2D eigenvalue weighted by molar-refractivity contribution is 8.00. The maximum absolute atomic E-state index is 12.5. The molecule has 1 aliphatic heterocycles. The second kappa shape index (κ2) is 5.71. The zero-order valence-electron chi connectivity index (χ0n) is 11.4. The summed E-state index contributed by atoms with van der Waals surface area (Å²) in [5.41, 5.74) is 5.95. The molecule has 1 amide bonds. The minimum absolute atomic E-state index is 0.0202. The van der Waals surface area contributed by atoms with Crippen LogP contribution in [0, 0.1) is 11.8 Å². The number of carbonyl (C=O) groups is 2. The van der Waals surface area contributed by atoms with Gasteiger partial charge in [0.2, 0.25) is 5.91 Å². The van der Waals surface area contributed by atoms with Crippen molar-refractivity contribution < 1.29 is 14.7 Å². The summed E-state index contributed by atoms with van der Waals surface area (Å²) in [6, 6.07) is -1.29. The van der Waals surface area contributed by atoms with Gasteiger partial charge in [-0.15, -0.1) is 11.8 Å². The van der Waals surface area contributed by atoms with E-state index in [0.29, 0.717) is 24.0 Å². The third-order valence-corrected chi connectivity index (χ3v) is 5.10. The van der Waals surface area contributed by atoms with Gasteiger partial charge in [-0.1, -0.05) is 13.8 Å². The molecule has 2 rings (SSSR count). The van der Waals surface area contributed by atoms with Crippen molar-refractivity contribution in [1.82, 2.24) is 4.90 Å². The molecular formula is C13H22N2O3S. The van der Waals surface area contributed by atoms with Crippen LogP contribution in [0.5, 0.6) is 0 Å². The fourth-order valence-electron chi connectivity index (χ4n) is 2.54. The Morgan fingerprint density at radius 3 is 2.53 bits per heavy atom. The molecule has 1 aliphatic carbocycles. The van der Waals surface area contributed by atoms with Crippen molar-refractivity contribution in [1.29, 1.82) is 0 Å². The standard InChI is InChI=1S/C13H22N2O3S/c1-7(2)5-9(14)11(16)15-10(13(17)18)6-19-12(15)8-3-4-8/h7-10,12H,3-6,14H2,1-2H3,(H,17,18)/t9-,10?,12?/m0/s1. The molecule has 5 nitrogen and oxygen atoms in total. The van der Waals surface area contributed by atoms with E-state index in [2.05, 4.69) is 0 Å². The van der Waals surface area contributed by atoms with Crippen LogP contribution in [0.3, 0.4) is 0 Å². The van der Waals surface area contributed by atoms with E-state index in [1.807, 2.05) is 13.8 Å². The quantitative estimate of drug-likeness (QED) is 0.791. The number of nitrogens with zero attached hydrogens (tertiary/aromatic N) is 1. The molecule has 3 atom stereocenters.